The number of hydrogen-bond acceptors (Lipinski definition) is 3. The largest absolute Gasteiger partial charge is 0.267 e. The Hall–Kier alpha value is -1.89. The highest BCUT2D eigenvalue weighted by Crippen LogP contribution is 1.92. The van der Waals surface area contributed by atoms with Gasteiger partial charge in [-0.25, -0.2) is 0 Å². The Morgan fingerprint density at radius 2 is 1.82 bits per heavy atom. The molecule has 4 heteroatoms. The summed E-state index contributed by atoms with van der Waals surface area (Å²) in [5, 5.41) is 16.7. The van der Waals surface area contributed by atoms with Crippen molar-refractivity contribution in [3.63, 3.8) is 0 Å². The number of rotatable bonds is 0. The quantitative estimate of drug-likeness (QED) is 0.414. The Labute approximate surface area is 63.6 Å². The summed E-state index contributed by atoms with van der Waals surface area (Å²) in [5.41, 5.74) is 0.715. The Morgan fingerprint density at radius 1 is 1.36 bits per heavy atom. The van der Waals surface area contributed by atoms with Crippen molar-refractivity contribution in [2.45, 2.75) is 0 Å². The van der Waals surface area contributed by atoms with Crippen LogP contribution in [0.1, 0.15) is 5.56 Å². The van der Waals surface area contributed by atoms with Crippen molar-refractivity contribution in [3.05, 3.63) is 46.0 Å². The molecule has 0 spiro atoms. The van der Waals surface area contributed by atoms with Gasteiger partial charge in [0.25, 0.3) is 0 Å². The Kier molecular flexibility index (Phi) is 5.16. The molecule has 0 amide bonds. The zero-order valence-corrected chi connectivity index (χ0v) is 5.65. The van der Waals surface area contributed by atoms with Crippen LogP contribution in [0.3, 0.4) is 0 Å². The van der Waals surface area contributed by atoms with E-state index >= 15 is 0 Å². The first-order valence-corrected chi connectivity index (χ1v) is 2.79. The van der Waals surface area contributed by atoms with Crippen molar-refractivity contribution >= 4 is 0 Å². The van der Waals surface area contributed by atoms with Gasteiger partial charge in [0.15, 0.2) is 0 Å². The SMILES string of the molecule is N#Cc1ccccc1.O=[NH+][O-]. The molecular formula is C7H6N2O2. The van der Waals surface area contributed by atoms with Crippen LogP contribution in [0.5, 0.6) is 0 Å². The normalized spacial score (nSPS) is 6.82. The van der Waals surface area contributed by atoms with E-state index in [0.717, 1.165) is 0 Å². The molecule has 1 N–H and O–H groups in total. The van der Waals surface area contributed by atoms with Crippen molar-refractivity contribution < 1.29 is 5.34 Å². The molecule has 0 aliphatic heterocycles. The van der Waals surface area contributed by atoms with E-state index in [4.69, 9.17) is 15.4 Å². The van der Waals surface area contributed by atoms with E-state index in [1.807, 2.05) is 24.3 Å². The molecule has 0 saturated carbocycles. The second-order valence-electron chi connectivity index (χ2n) is 1.56. The van der Waals surface area contributed by atoms with Gasteiger partial charge in [-0.1, -0.05) is 18.2 Å². The third-order valence-electron chi connectivity index (χ3n) is 0.903. The number of nitrogens with one attached hydrogen (secondary N) is 1. The lowest BCUT2D eigenvalue weighted by molar-refractivity contribution is -0.398. The van der Waals surface area contributed by atoms with Crippen LogP contribution in [0, 0.1) is 21.4 Å². The van der Waals surface area contributed by atoms with Crippen molar-refractivity contribution in [1.82, 2.24) is 0 Å². The predicted molar refractivity (Wildman–Crippen MR) is 38.9 cm³/mol. The minimum Gasteiger partial charge on any atom is -0.267 e. The smallest absolute Gasteiger partial charge is 0.0991 e. The van der Waals surface area contributed by atoms with Crippen LogP contribution in [-0.2, 0) is 0 Å². The van der Waals surface area contributed by atoms with Crippen molar-refractivity contribution in [1.29, 1.82) is 5.26 Å². The van der Waals surface area contributed by atoms with Crippen molar-refractivity contribution in [2.24, 2.45) is 0 Å². The third kappa shape index (κ3) is 4.60. The lowest BCUT2D eigenvalue weighted by atomic mass is 10.2. The molecule has 0 unspecified atom stereocenters. The van der Waals surface area contributed by atoms with E-state index in [9.17, 15) is 0 Å². The van der Waals surface area contributed by atoms with E-state index in [1.165, 1.54) is 0 Å². The number of hydrogen-bond donors (Lipinski definition) is 1. The molecule has 4 nitrogen and oxygen atoms in total. The first kappa shape index (κ1) is 9.11. The fraction of sp³-hybridized carbons (Fsp3) is 0. The minimum atomic E-state index is 0.250. The Bertz CT molecular complexity index is 240. The predicted octanol–water partition coefficient (Wildman–Crippen LogP) is -0.111. The molecule has 0 aromatic heterocycles. The van der Waals surface area contributed by atoms with E-state index in [1.54, 1.807) is 12.1 Å². The van der Waals surface area contributed by atoms with E-state index in [0.29, 0.717) is 5.56 Å². The molecule has 0 fully saturated rings. The van der Waals surface area contributed by atoms with E-state index < -0.39 is 0 Å². The summed E-state index contributed by atoms with van der Waals surface area (Å²) in [7, 11) is 0. The van der Waals surface area contributed by atoms with Crippen LogP contribution in [0.4, 0.5) is 0 Å². The van der Waals surface area contributed by atoms with Gasteiger partial charge in [0.2, 0.25) is 0 Å². The maximum atomic E-state index is 8.29. The maximum absolute atomic E-state index is 8.29. The van der Waals surface area contributed by atoms with Crippen LogP contribution < -0.4 is 5.34 Å². The van der Waals surface area contributed by atoms with Gasteiger partial charge in [0.1, 0.15) is 0 Å². The van der Waals surface area contributed by atoms with Crippen LogP contribution in [0.2, 0.25) is 0 Å². The average molecular weight is 150 g/mol. The maximum Gasteiger partial charge on any atom is 0.0991 e. The summed E-state index contributed by atoms with van der Waals surface area (Å²) in [5.74, 6) is 0. The summed E-state index contributed by atoms with van der Waals surface area (Å²) in [4.78, 5) is 8.12. The monoisotopic (exact) mass is 150 g/mol. The molecule has 0 aliphatic rings. The van der Waals surface area contributed by atoms with Gasteiger partial charge in [-0.3, -0.25) is 10.1 Å². The summed E-state index contributed by atoms with van der Waals surface area (Å²) >= 11 is 0. The molecule has 1 aromatic carbocycles. The van der Waals surface area contributed by atoms with Crippen molar-refractivity contribution in [2.75, 3.05) is 0 Å². The zero-order chi connectivity index (χ0) is 8.53. The summed E-state index contributed by atoms with van der Waals surface area (Å²) in [6.07, 6.45) is 0. The molecule has 11 heavy (non-hydrogen) atoms. The molecule has 56 valence electrons. The first-order valence-electron chi connectivity index (χ1n) is 2.79. The fourth-order valence-corrected chi connectivity index (χ4v) is 0.513. The zero-order valence-electron chi connectivity index (χ0n) is 5.65. The Balaban J connectivity index is 0.000000292. The molecule has 1 aromatic rings. The van der Waals surface area contributed by atoms with Gasteiger partial charge < -0.3 is 0 Å². The lowest BCUT2D eigenvalue weighted by Crippen LogP contribution is -2.53. The van der Waals surface area contributed by atoms with E-state index in [-0.39, 0.29) is 5.34 Å². The first-order chi connectivity index (χ1) is 5.35. The molecule has 0 heterocycles. The molecule has 0 atom stereocenters. The van der Waals surface area contributed by atoms with Gasteiger partial charge in [0, 0.05) is 5.34 Å². The highest BCUT2D eigenvalue weighted by atomic mass is 16.6. The third-order valence-corrected chi connectivity index (χ3v) is 0.903. The summed E-state index contributed by atoms with van der Waals surface area (Å²) in [6.45, 7) is 0. The topological polar surface area (TPSA) is 77.9 Å². The molecule has 0 radical (unpaired) electrons. The van der Waals surface area contributed by atoms with Gasteiger partial charge in [-0.05, 0) is 12.1 Å². The lowest BCUT2D eigenvalue weighted by Gasteiger charge is -1.80. The van der Waals surface area contributed by atoms with Crippen LogP contribution in [-0.4, -0.2) is 0 Å². The summed E-state index contributed by atoms with van der Waals surface area (Å²) < 4.78 is 0. The molecule has 1 rings (SSSR count). The number of nitriles is 1. The Morgan fingerprint density at radius 3 is 2.09 bits per heavy atom. The molecule has 0 bridgehead atoms. The van der Waals surface area contributed by atoms with Crippen LogP contribution in [0.25, 0.3) is 0 Å². The van der Waals surface area contributed by atoms with Gasteiger partial charge in [0.05, 0.1) is 11.6 Å². The molecule has 0 aliphatic carbocycles. The molecule has 0 saturated heterocycles. The number of benzene rings is 1. The standard InChI is InChI=1S/C7H5N.HNO2/c8-6-7-4-2-1-3-5-7;2-1-3/h1-5H;1H. The highest BCUT2D eigenvalue weighted by molar-refractivity contribution is 5.27. The number of nitrogens with zero attached hydrogens (tertiary/aromatic N) is 1. The minimum absolute atomic E-state index is 0.250. The van der Waals surface area contributed by atoms with Crippen molar-refractivity contribution in [3.8, 4) is 6.07 Å². The van der Waals surface area contributed by atoms with Crippen LogP contribution >= 0.6 is 0 Å². The van der Waals surface area contributed by atoms with Gasteiger partial charge in [-0.15, -0.1) is 0 Å². The summed E-state index contributed by atoms with van der Waals surface area (Å²) in [6, 6.07) is 11.2. The second-order valence-corrected chi connectivity index (χ2v) is 1.56. The second kappa shape index (κ2) is 6.23. The molecular weight excluding hydrogens is 144 g/mol. The van der Waals surface area contributed by atoms with Gasteiger partial charge in [-0.2, -0.15) is 5.26 Å². The van der Waals surface area contributed by atoms with Gasteiger partial charge >= 0.3 is 0 Å². The fourth-order valence-electron chi connectivity index (χ4n) is 0.513. The average Bonchev–Trinajstić information content (AvgIpc) is 2.08. The highest BCUT2D eigenvalue weighted by Gasteiger charge is 1.79. The van der Waals surface area contributed by atoms with E-state index in [2.05, 4.69) is 0 Å². The van der Waals surface area contributed by atoms with Crippen LogP contribution in [0.15, 0.2) is 30.3 Å².